The Morgan fingerprint density at radius 1 is 1.20 bits per heavy atom. The first kappa shape index (κ1) is 17.6. The molecule has 130 valence electrons. The summed E-state index contributed by atoms with van der Waals surface area (Å²) in [6.07, 6.45) is 2.58. The van der Waals surface area contributed by atoms with E-state index in [4.69, 9.17) is 23.2 Å². The van der Waals surface area contributed by atoms with E-state index in [1.165, 1.54) is 6.07 Å². The van der Waals surface area contributed by atoms with Gasteiger partial charge in [-0.3, -0.25) is 9.20 Å². The van der Waals surface area contributed by atoms with Crippen LogP contribution in [0.1, 0.15) is 42.5 Å². The third-order valence-corrected chi connectivity index (χ3v) is 4.22. The highest BCUT2D eigenvalue weighted by Gasteiger charge is 2.23. The van der Waals surface area contributed by atoms with Gasteiger partial charge >= 0.3 is 0 Å². The number of pyridine rings is 2. The molecule has 3 aromatic heterocycles. The molecule has 0 aliphatic carbocycles. The Bertz CT molecular complexity index is 909. The molecule has 0 aliphatic rings. The van der Waals surface area contributed by atoms with Crippen LogP contribution < -0.4 is 5.32 Å². The molecule has 0 fully saturated rings. The van der Waals surface area contributed by atoms with Gasteiger partial charge in [-0.25, -0.2) is 4.98 Å². The molecule has 0 bridgehead atoms. The number of halogens is 2. The van der Waals surface area contributed by atoms with Crippen LogP contribution in [0.2, 0.25) is 10.3 Å². The van der Waals surface area contributed by atoms with Crippen molar-refractivity contribution in [1.82, 2.24) is 24.9 Å². The number of nitrogens with one attached hydrogen (secondary N) is 1. The summed E-state index contributed by atoms with van der Waals surface area (Å²) in [6, 6.07) is 8.44. The van der Waals surface area contributed by atoms with Crippen LogP contribution in [0.15, 0.2) is 36.5 Å². The van der Waals surface area contributed by atoms with Crippen molar-refractivity contribution in [3.63, 3.8) is 0 Å². The highest BCUT2D eigenvalue weighted by atomic mass is 35.5. The SMILES string of the molecule is CC(C)CC(NC(=O)c1ccc(Cl)nc1Cl)c1nnc2ccccn12. The van der Waals surface area contributed by atoms with E-state index in [-0.39, 0.29) is 27.8 Å². The molecule has 1 N–H and O–H groups in total. The lowest BCUT2D eigenvalue weighted by Gasteiger charge is -2.19. The molecular weight excluding hydrogens is 361 g/mol. The summed E-state index contributed by atoms with van der Waals surface area (Å²) in [6.45, 7) is 4.17. The molecule has 25 heavy (non-hydrogen) atoms. The lowest BCUT2D eigenvalue weighted by Crippen LogP contribution is -2.31. The van der Waals surface area contributed by atoms with E-state index < -0.39 is 0 Å². The monoisotopic (exact) mass is 377 g/mol. The van der Waals surface area contributed by atoms with Crippen molar-refractivity contribution in [2.75, 3.05) is 0 Å². The van der Waals surface area contributed by atoms with E-state index >= 15 is 0 Å². The molecule has 3 aromatic rings. The number of fused-ring (bicyclic) bond motifs is 1. The first-order chi connectivity index (χ1) is 12.0. The molecule has 1 atom stereocenters. The van der Waals surface area contributed by atoms with Crippen LogP contribution >= 0.6 is 23.2 Å². The zero-order chi connectivity index (χ0) is 18.0. The number of hydrogen-bond acceptors (Lipinski definition) is 4. The van der Waals surface area contributed by atoms with Crippen molar-refractivity contribution in [2.24, 2.45) is 5.92 Å². The van der Waals surface area contributed by atoms with Crippen molar-refractivity contribution in [3.8, 4) is 0 Å². The standard InChI is InChI=1S/C17H17Cl2N5O/c1-10(2)9-12(16-23-22-14-5-3-4-8-24(14)16)20-17(25)11-6-7-13(18)21-15(11)19/h3-8,10,12H,9H2,1-2H3,(H,20,25). The maximum atomic E-state index is 12.7. The van der Waals surface area contributed by atoms with Crippen molar-refractivity contribution >= 4 is 34.8 Å². The second-order valence-corrected chi connectivity index (χ2v) is 6.86. The number of carbonyl (C=O) groups excluding carboxylic acids is 1. The van der Waals surface area contributed by atoms with E-state index in [9.17, 15) is 4.79 Å². The minimum absolute atomic E-state index is 0.0689. The normalized spacial score (nSPS) is 12.5. The molecule has 1 unspecified atom stereocenters. The summed E-state index contributed by atoms with van der Waals surface area (Å²) >= 11 is 11.8. The Hall–Kier alpha value is -2.18. The number of aromatic nitrogens is 4. The van der Waals surface area contributed by atoms with Crippen LogP contribution in [0.3, 0.4) is 0 Å². The molecule has 1 amide bonds. The Morgan fingerprint density at radius 3 is 2.72 bits per heavy atom. The molecule has 6 nitrogen and oxygen atoms in total. The lowest BCUT2D eigenvalue weighted by molar-refractivity contribution is 0.0929. The Morgan fingerprint density at radius 2 is 2.00 bits per heavy atom. The average Bonchev–Trinajstić information content (AvgIpc) is 2.97. The van der Waals surface area contributed by atoms with Gasteiger partial charge in [0.2, 0.25) is 0 Å². The largest absolute Gasteiger partial charge is 0.342 e. The molecule has 8 heteroatoms. The quantitative estimate of drug-likeness (QED) is 0.683. The summed E-state index contributed by atoms with van der Waals surface area (Å²) in [5.41, 5.74) is 1.00. The van der Waals surface area contributed by atoms with Gasteiger partial charge in [-0.1, -0.05) is 43.1 Å². The maximum Gasteiger partial charge on any atom is 0.255 e. The Labute approximate surface area is 155 Å². The van der Waals surface area contributed by atoms with E-state index in [1.54, 1.807) is 6.07 Å². The summed E-state index contributed by atoms with van der Waals surface area (Å²) < 4.78 is 1.87. The second-order valence-electron chi connectivity index (χ2n) is 6.11. The van der Waals surface area contributed by atoms with Gasteiger partial charge in [0.25, 0.3) is 5.91 Å². The maximum absolute atomic E-state index is 12.7. The van der Waals surface area contributed by atoms with Gasteiger partial charge in [-0.2, -0.15) is 0 Å². The van der Waals surface area contributed by atoms with Gasteiger partial charge < -0.3 is 5.32 Å². The van der Waals surface area contributed by atoms with E-state index in [0.717, 1.165) is 5.65 Å². The lowest BCUT2D eigenvalue weighted by atomic mass is 10.0. The van der Waals surface area contributed by atoms with Crippen molar-refractivity contribution in [1.29, 1.82) is 0 Å². The first-order valence-electron chi connectivity index (χ1n) is 7.88. The van der Waals surface area contributed by atoms with Crippen molar-refractivity contribution < 1.29 is 4.79 Å². The van der Waals surface area contributed by atoms with Gasteiger partial charge in [0.15, 0.2) is 11.5 Å². The van der Waals surface area contributed by atoms with Gasteiger partial charge in [-0.05, 0) is 36.6 Å². The molecule has 0 radical (unpaired) electrons. The first-order valence-corrected chi connectivity index (χ1v) is 8.64. The summed E-state index contributed by atoms with van der Waals surface area (Å²) in [5, 5.41) is 11.7. The fraction of sp³-hybridized carbons (Fsp3) is 0.294. The van der Waals surface area contributed by atoms with Gasteiger partial charge in [-0.15, -0.1) is 10.2 Å². The fourth-order valence-corrected chi connectivity index (χ4v) is 3.05. The number of rotatable bonds is 5. The minimum atomic E-state index is -0.326. The Balaban J connectivity index is 1.92. The summed E-state index contributed by atoms with van der Waals surface area (Å²) in [5.74, 6) is 0.698. The summed E-state index contributed by atoms with van der Waals surface area (Å²) in [7, 11) is 0. The van der Waals surface area contributed by atoms with Crippen LogP contribution in [0, 0.1) is 5.92 Å². The molecule has 0 spiro atoms. The van der Waals surface area contributed by atoms with E-state index in [0.29, 0.717) is 18.2 Å². The molecule has 0 aromatic carbocycles. The highest BCUT2D eigenvalue weighted by Crippen LogP contribution is 2.23. The smallest absolute Gasteiger partial charge is 0.255 e. The predicted octanol–water partition coefficient (Wildman–Crippen LogP) is 3.95. The van der Waals surface area contributed by atoms with Crippen LogP contribution in [-0.4, -0.2) is 25.5 Å². The molecule has 0 saturated carbocycles. The van der Waals surface area contributed by atoms with E-state index in [2.05, 4.69) is 34.3 Å². The van der Waals surface area contributed by atoms with Crippen molar-refractivity contribution in [2.45, 2.75) is 26.3 Å². The molecule has 3 rings (SSSR count). The highest BCUT2D eigenvalue weighted by molar-refractivity contribution is 6.34. The van der Waals surface area contributed by atoms with Gasteiger partial charge in [0.1, 0.15) is 10.3 Å². The molecule has 0 saturated heterocycles. The average molecular weight is 378 g/mol. The number of amides is 1. The van der Waals surface area contributed by atoms with Gasteiger partial charge in [0, 0.05) is 6.20 Å². The number of carbonyl (C=O) groups is 1. The van der Waals surface area contributed by atoms with Crippen molar-refractivity contribution in [3.05, 3.63) is 58.2 Å². The topological polar surface area (TPSA) is 72.2 Å². The predicted molar refractivity (Wildman–Crippen MR) is 96.9 cm³/mol. The zero-order valence-corrected chi connectivity index (χ0v) is 15.3. The third kappa shape index (κ3) is 3.91. The van der Waals surface area contributed by atoms with Crippen LogP contribution in [0.5, 0.6) is 0 Å². The van der Waals surface area contributed by atoms with Gasteiger partial charge in [0.05, 0.1) is 11.6 Å². The number of nitrogens with zero attached hydrogens (tertiary/aromatic N) is 4. The fourth-order valence-electron chi connectivity index (χ4n) is 2.62. The van der Waals surface area contributed by atoms with Crippen LogP contribution in [0.25, 0.3) is 5.65 Å². The third-order valence-electron chi connectivity index (χ3n) is 3.72. The summed E-state index contributed by atoms with van der Waals surface area (Å²) in [4.78, 5) is 16.6. The van der Waals surface area contributed by atoms with E-state index in [1.807, 2.05) is 28.8 Å². The molecule has 0 aliphatic heterocycles. The minimum Gasteiger partial charge on any atom is -0.342 e. The zero-order valence-electron chi connectivity index (χ0n) is 13.8. The Kier molecular flexibility index (Phi) is 5.20. The number of hydrogen-bond donors (Lipinski definition) is 1. The molecule has 3 heterocycles. The second kappa shape index (κ2) is 7.37. The molecular formula is C17H17Cl2N5O. The van der Waals surface area contributed by atoms with Crippen LogP contribution in [-0.2, 0) is 0 Å². The van der Waals surface area contributed by atoms with Crippen LogP contribution in [0.4, 0.5) is 0 Å².